The van der Waals surface area contributed by atoms with Crippen molar-refractivity contribution in [3.63, 3.8) is 0 Å². The highest BCUT2D eigenvalue weighted by Crippen LogP contribution is 2.23. The van der Waals surface area contributed by atoms with Crippen molar-refractivity contribution in [3.8, 4) is 0 Å². The van der Waals surface area contributed by atoms with Crippen LogP contribution >= 0.6 is 0 Å². The maximum Gasteiger partial charge on any atom is 0.340 e. The molecule has 5 heteroatoms. The predicted octanol–water partition coefficient (Wildman–Crippen LogP) is 2.31. The third-order valence-electron chi connectivity index (χ3n) is 2.81. The number of rotatable bonds is 7. The number of anilines is 2. The average molecular weight is 280 g/mol. The molecule has 0 aliphatic heterocycles. The Morgan fingerprint density at radius 1 is 1.40 bits per heavy atom. The first kappa shape index (κ1) is 16.3. The van der Waals surface area contributed by atoms with Crippen LogP contribution < -0.4 is 10.6 Å². The highest BCUT2D eigenvalue weighted by molar-refractivity contribution is 5.97. The lowest BCUT2D eigenvalue weighted by atomic mass is 10.1. The number of carbonyl (C=O) groups is 1. The third kappa shape index (κ3) is 4.74. The van der Waals surface area contributed by atoms with Crippen LogP contribution in [0.1, 0.15) is 31.1 Å². The quantitative estimate of drug-likeness (QED) is 0.613. The fourth-order valence-electron chi connectivity index (χ4n) is 1.80. The van der Waals surface area contributed by atoms with E-state index in [2.05, 4.69) is 0 Å². The van der Waals surface area contributed by atoms with Gasteiger partial charge in [-0.1, -0.05) is 0 Å². The van der Waals surface area contributed by atoms with E-state index < -0.39 is 0 Å². The van der Waals surface area contributed by atoms with E-state index >= 15 is 0 Å². The van der Waals surface area contributed by atoms with Crippen molar-refractivity contribution in [2.24, 2.45) is 0 Å². The Bertz CT molecular complexity index is 447. The van der Waals surface area contributed by atoms with Crippen molar-refractivity contribution in [1.82, 2.24) is 0 Å². The fourth-order valence-corrected chi connectivity index (χ4v) is 1.80. The summed E-state index contributed by atoms with van der Waals surface area (Å²) >= 11 is 0. The summed E-state index contributed by atoms with van der Waals surface area (Å²) in [6.45, 7) is 7.40. The van der Waals surface area contributed by atoms with Gasteiger partial charge >= 0.3 is 5.97 Å². The molecule has 20 heavy (non-hydrogen) atoms. The summed E-state index contributed by atoms with van der Waals surface area (Å²) < 4.78 is 10.6. The van der Waals surface area contributed by atoms with E-state index in [1.807, 2.05) is 31.9 Å². The number of nitrogen functional groups attached to an aromatic ring is 1. The maximum absolute atomic E-state index is 12.0. The molecule has 0 atom stereocenters. The van der Waals surface area contributed by atoms with Gasteiger partial charge in [0.15, 0.2) is 0 Å². The van der Waals surface area contributed by atoms with Crippen molar-refractivity contribution in [3.05, 3.63) is 23.8 Å². The topological polar surface area (TPSA) is 64.8 Å². The molecule has 2 N–H and O–H groups in total. The molecular formula is C15H24N2O3. The minimum Gasteiger partial charge on any atom is -0.462 e. The van der Waals surface area contributed by atoms with E-state index in [-0.39, 0.29) is 12.1 Å². The van der Waals surface area contributed by atoms with E-state index in [1.54, 1.807) is 19.1 Å². The van der Waals surface area contributed by atoms with Crippen LogP contribution in [0.5, 0.6) is 0 Å². The number of ether oxygens (including phenoxy) is 2. The SMILES string of the molecule is CCOC(=O)c1cc(N)ccc1N(C)CCOC(C)C. The highest BCUT2D eigenvalue weighted by Gasteiger charge is 2.16. The molecule has 0 fully saturated rings. The number of hydrogen-bond donors (Lipinski definition) is 1. The molecule has 0 saturated carbocycles. The number of hydrogen-bond acceptors (Lipinski definition) is 5. The Kier molecular flexibility index (Phi) is 6.31. The molecule has 0 aliphatic rings. The number of carbonyl (C=O) groups excluding carboxylic acids is 1. The van der Waals surface area contributed by atoms with Gasteiger partial charge in [0.2, 0.25) is 0 Å². The molecule has 1 aromatic carbocycles. The largest absolute Gasteiger partial charge is 0.462 e. The number of nitrogens with two attached hydrogens (primary N) is 1. The summed E-state index contributed by atoms with van der Waals surface area (Å²) in [4.78, 5) is 13.9. The minimum absolute atomic E-state index is 0.194. The molecule has 5 nitrogen and oxygen atoms in total. The lowest BCUT2D eigenvalue weighted by Gasteiger charge is -2.22. The van der Waals surface area contributed by atoms with Crippen molar-refractivity contribution < 1.29 is 14.3 Å². The van der Waals surface area contributed by atoms with Gasteiger partial charge in [-0.3, -0.25) is 0 Å². The zero-order chi connectivity index (χ0) is 15.1. The molecule has 0 amide bonds. The first-order valence-corrected chi connectivity index (χ1v) is 6.85. The van der Waals surface area contributed by atoms with Crippen LogP contribution in [-0.2, 0) is 9.47 Å². The molecule has 0 radical (unpaired) electrons. The third-order valence-corrected chi connectivity index (χ3v) is 2.81. The average Bonchev–Trinajstić information content (AvgIpc) is 2.38. The molecule has 1 aromatic rings. The highest BCUT2D eigenvalue weighted by atomic mass is 16.5. The number of likely N-dealkylation sites (N-methyl/N-ethyl adjacent to an activating group) is 1. The van der Waals surface area contributed by atoms with E-state index in [1.165, 1.54) is 0 Å². The van der Waals surface area contributed by atoms with Crippen molar-refractivity contribution in [2.45, 2.75) is 26.9 Å². The van der Waals surface area contributed by atoms with Crippen LogP contribution in [0.25, 0.3) is 0 Å². The van der Waals surface area contributed by atoms with E-state index in [0.717, 1.165) is 5.69 Å². The van der Waals surface area contributed by atoms with E-state index in [0.29, 0.717) is 31.0 Å². The second-order valence-electron chi connectivity index (χ2n) is 4.84. The summed E-state index contributed by atoms with van der Waals surface area (Å²) in [6.07, 6.45) is 0.194. The zero-order valence-electron chi connectivity index (χ0n) is 12.7. The van der Waals surface area contributed by atoms with Crippen LogP contribution in [0.3, 0.4) is 0 Å². The van der Waals surface area contributed by atoms with Crippen LogP contribution in [0.4, 0.5) is 11.4 Å². The molecule has 1 rings (SSSR count). The maximum atomic E-state index is 12.0. The molecular weight excluding hydrogens is 256 g/mol. The van der Waals surface area contributed by atoms with Gasteiger partial charge in [-0.2, -0.15) is 0 Å². The molecule has 0 bridgehead atoms. The Balaban J connectivity index is 2.84. The second-order valence-corrected chi connectivity index (χ2v) is 4.84. The summed E-state index contributed by atoms with van der Waals surface area (Å²) in [7, 11) is 1.91. The van der Waals surface area contributed by atoms with Gasteiger partial charge in [-0.05, 0) is 39.0 Å². The first-order chi connectivity index (χ1) is 9.45. The normalized spacial score (nSPS) is 10.7. The zero-order valence-corrected chi connectivity index (χ0v) is 12.7. The molecule has 0 spiro atoms. The second kappa shape index (κ2) is 7.75. The van der Waals surface area contributed by atoms with Crippen molar-refractivity contribution in [2.75, 3.05) is 37.4 Å². The smallest absolute Gasteiger partial charge is 0.340 e. The van der Waals surface area contributed by atoms with E-state index in [9.17, 15) is 4.79 Å². The molecule has 0 aliphatic carbocycles. The summed E-state index contributed by atoms with van der Waals surface area (Å²) in [5.74, 6) is -0.355. The van der Waals surface area contributed by atoms with Gasteiger partial charge in [0.05, 0.1) is 30.6 Å². The monoisotopic (exact) mass is 280 g/mol. The van der Waals surface area contributed by atoms with Crippen LogP contribution in [-0.4, -0.2) is 38.9 Å². The van der Waals surface area contributed by atoms with E-state index in [4.69, 9.17) is 15.2 Å². The number of esters is 1. The van der Waals surface area contributed by atoms with Gasteiger partial charge in [-0.25, -0.2) is 4.79 Å². The lowest BCUT2D eigenvalue weighted by Crippen LogP contribution is -2.26. The van der Waals surface area contributed by atoms with Gasteiger partial charge < -0.3 is 20.1 Å². The first-order valence-electron chi connectivity index (χ1n) is 6.85. The summed E-state index contributed by atoms with van der Waals surface area (Å²) in [6, 6.07) is 5.25. The standard InChI is InChI=1S/C15H24N2O3/c1-5-19-15(18)13-10-12(16)6-7-14(13)17(4)8-9-20-11(2)3/h6-7,10-11H,5,8-9,16H2,1-4H3. The summed E-state index contributed by atoms with van der Waals surface area (Å²) in [5, 5.41) is 0. The number of nitrogens with zero attached hydrogens (tertiary/aromatic N) is 1. The van der Waals surface area contributed by atoms with Gasteiger partial charge in [0, 0.05) is 19.3 Å². The molecule has 0 aromatic heterocycles. The molecule has 0 saturated heterocycles. The molecule has 0 unspecified atom stereocenters. The minimum atomic E-state index is -0.355. The van der Waals surface area contributed by atoms with Crippen LogP contribution in [0, 0.1) is 0 Å². The Morgan fingerprint density at radius 3 is 2.70 bits per heavy atom. The summed E-state index contributed by atoms with van der Waals surface area (Å²) in [5.41, 5.74) is 7.58. The van der Waals surface area contributed by atoms with Crippen LogP contribution in [0.15, 0.2) is 18.2 Å². The Labute approximate surface area is 120 Å². The fraction of sp³-hybridized carbons (Fsp3) is 0.533. The Hall–Kier alpha value is -1.75. The van der Waals surface area contributed by atoms with Crippen molar-refractivity contribution in [1.29, 1.82) is 0 Å². The van der Waals surface area contributed by atoms with Gasteiger partial charge in [0.1, 0.15) is 0 Å². The van der Waals surface area contributed by atoms with Crippen molar-refractivity contribution >= 4 is 17.3 Å². The van der Waals surface area contributed by atoms with Gasteiger partial charge in [0.25, 0.3) is 0 Å². The lowest BCUT2D eigenvalue weighted by molar-refractivity contribution is 0.0526. The molecule has 112 valence electrons. The molecule has 0 heterocycles. The van der Waals surface area contributed by atoms with Crippen LogP contribution in [0.2, 0.25) is 0 Å². The predicted molar refractivity (Wildman–Crippen MR) is 81.2 cm³/mol. The number of benzene rings is 1. The van der Waals surface area contributed by atoms with Gasteiger partial charge in [-0.15, -0.1) is 0 Å². The Morgan fingerprint density at radius 2 is 2.10 bits per heavy atom.